The smallest absolute Gasteiger partial charge is 0.329 e. The molecule has 0 aromatic carbocycles. The SMILES string of the molecule is CCOC(=O)C(CS(=O)(=O)O)NC(=O)/C=C(C)/C=C/C=C(C)/C=C/C1=C(C)CCCC1(C)C. The molecule has 1 atom stereocenters. The first-order valence-corrected chi connectivity index (χ1v) is 12.7. The van der Waals surface area contributed by atoms with Crippen LogP contribution < -0.4 is 5.32 Å². The predicted octanol–water partition coefficient (Wildman–Crippen LogP) is 4.45. The molecular formula is C25H37NO6S. The molecule has 0 radical (unpaired) electrons. The summed E-state index contributed by atoms with van der Waals surface area (Å²) in [6, 6.07) is -1.49. The highest BCUT2D eigenvalue weighted by atomic mass is 32.2. The normalized spacial score (nSPS) is 18.6. The van der Waals surface area contributed by atoms with Gasteiger partial charge >= 0.3 is 5.97 Å². The minimum atomic E-state index is -4.48. The Balaban J connectivity index is 2.81. The molecule has 0 fully saturated rings. The van der Waals surface area contributed by atoms with Gasteiger partial charge in [0.15, 0.2) is 0 Å². The van der Waals surface area contributed by atoms with Crippen LogP contribution in [0.5, 0.6) is 0 Å². The molecule has 0 aromatic rings. The lowest BCUT2D eigenvalue weighted by Crippen LogP contribution is -2.45. The van der Waals surface area contributed by atoms with E-state index >= 15 is 0 Å². The molecule has 0 spiro atoms. The van der Waals surface area contributed by atoms with Crippen molar-refractivity contribution in [2.45, 2.75) is 66.8 Å². The maximum Gasteiger partial charge on any atom is 0.329 e. The summed E-state index contributed by atoms with van der Waals surface area (Å²) < 4.78 is 36.0. The number of rotatable bonds is 10. The molecule has 1 amide bonds. The van der Waals surface area contributed by atoms with Crippen LogP contribution >= 0.6 is 0 Å². The molecule has 1 unspecified atom stereocenters. The lowest BCUT2D eigenvalue weighted by atomic mass is 9.72. The van der Waals surface area contributed by atoms with Crippen LogP contribution in [0.4, 0.5) is 0 Å². The molecule has 0 aliphatic heterocycles. The third-order valence-corrected chi connectivity index (χ3v) is 6.15. The van der Waals surface area contributed by atoms with Crippen molar-refractivity contribution in [3.05, 3.63) is 58.7 Å². The molecule has 0 bridgehead atoms. The minimum Gasteiger partial charge on any atom is -0.464 e. The summed E-state index contributed by atoms with van der Waals surface area (Å²) >= 11 is 0. The van der Waals surface area contributed by atoms with Crippen molar-refractivity contribution >= 4 is 22.0 Å². The van der Waals surface area contributed by atoms with E-state index in [9.17, 15) is 18.0 Å². The quantitative estimate of drug-likeness (QED) is 0.207. The number of ether oxygens (including phenoxy) is 1. The van der Waals surface area contributed by atoms with Gasteiger partial charge in [-0.3, -0.25) is 9.35 Å². The highest BCUT2D eigenvalue weighted by molar-refractivity contribution is 7.85. The Bertz CT molecular complexity index is 980. The van der Waals surface area contributed by atoms with Crippen LogP contribution in [-0.4, -0.2) is 43.2 Å². The molecular weight excluding hydrogens is 442 g/mol. The van der Waals surface area contributed by atoms with Crippen LogP contribution in [-0.2, 0) is 24.4 Å². The second-order valence-corrected chi connectivity index (χ2v) is 10.5. The minimum absolute atomic E-state index is 0.0166. The third-order valence-electron chi connectivity index (χ3n) is 5.40. The number of carbonyl (C=O) groups is 2. The largest absolute Gasteiger partial charge is 0.464 e. The van der Waals surface area contributed by atoms with E-state index in [2.05, 4.69) is 38.2 Å². The number of hydrogen-bond acceptors (Lipinski definition) is 5. The van der Waals surface area contributed by atoms with Crippen molar-refractivity contribution in [2.75, 3.05) is 12.4 Å². The first kappa shape index (κ1) is 28.6. The molecule has 184 valence electrons. The van der Waals surface area contributed by atoms with Crippen LogP contribution in [0.2, 0.25) is 0 Å². The van der Waals surface area contributed by atoms with Crippen molar-refractivity contribution in [3.8, 4) is 0 Å². The van der Waals surface area contributed by atoms with E-state index in [4.69, 9.17) is 9.29 Å². The van der Waals surface area contributed by atoms with E-state index in [1.54, 1.807) is 19.9 Å². The lowest BCUT2D eigenvalue weighted by molar-refractivity contribution is -0.146. The predicted molar refractivity (Wildman–Crippen MR) is 131 cm³/mol. The summed E-state index contributed by atoms with van der Waals surface area (Å²) in [6.07, 6.45) is 14.5. The van der Waals surface area contributed by atoms with Crippen LogP contribution in [0.25, 0.3) is 0 Å². The monoisotopic (exact) mass is 479 g/mol. The van der Waals surface area contributed by atoms with Gasteiger partial charge in [0.2, 0.25) is 5.91 Å². The maximum absolute atomic E-state index is 12.2. The number of allylic oxidation sites excluding steroid dienone is 9. The molecule has 2 N–H and O–H groups in total. The number of esters is 1. The maximum atomic E-state index is 12.2. The van der Waals surface area contributed by atoms with E-state index < -0.39 is 33.8 Å². The van der Waals surface area contributed by atoms with Crippen molar-refractivity contribution in [3.63, 3.8) is 0 Å². The zero-order valence-electron chi connectivity index (χ0n) is 20.5. The summed E-state index contributed by atoms with van der Waals surface area (Å²) in [5, 5.41) is 2.26. The Morgan fingerprint density at radius 3 is 2.45 bits per heavy atom. The van der Waals surface area contributed by atoms with Crippen molar-refractivity contribution < 1.29 is 27.3 Å². The van der Waals surface area contributed by atoms with Gasteiger partial charge in [0.05, 0.1) is 6.61 Å². The number of amides is 1. The van der Waals surface area contributed by atoms with Gasteiger partial charge < -0.3 is 10.1 Å². The molecule has 1 aliphatic rings. The first-order chi connectivity index (χ1) is 15.2. The number of nitrogens with one attached hydrogen (secondary N) is 1. The zero-order chi connectivity index (χ0) is 25.2. The second-order valence-electron chi connectivity index (χ2n) is 8.98. The van der Waals surface area contributed by atoms with Crippen molar-refractivity contribution in [2.24, 2.45) is 5.41 Å². The van der Waals surface area contributed by atoms with Gasteiger partial charge in [-0.05, 0) is 63.5 Å². The fourth-order valence-electron chi connectivity index (χ4n) is 3.72. The topological polar surface area (TPSA) is 110 Å². The first-order valence-electron chi connectivity index (χ1n) is 11.1. The van der Waals surface area contributed by atoms with Gasteiger partial charge in [-0.25, -0.2) is 4.79 Å². The van der Waals surface area contributed by atoms with Crippen molar-refractivity contribution in [1.82, 2.24) is 5.32 Å². The summed E-state index contributed by atoms with van der Waals surface area (Å²) in [4.78, 5) is 24.0. The fourth-order valence-corrected chi connectivity index (χ4v) is 4.36. The van der Waals surface area contributed by atoms with Gasteiger partial charge in [-0.2, -0.15) is 8.42 Å². The lowest BCUT2D eigenvalue weighted by Gasteiger charge is -2.32. The molecule has 1 aliphatic carbocycles. The Morgan fingerprint density at radius 1 is 1.21 bits per heavy atom. The van der Waals surface area contributed by atoms with E-state index in [0.29, 0.717) is 5.57 Å². The molecule has 0 saturated carbocycles. The van der Waals surface area contributed by atoms with E-state index in [0.717, 1.165) is 12.0 Å². The standard InChI is InChI=1S/C25H37NO6S/c1-7-32-24(28)22(17-33(29,30)31)26-23(27)16-19(3)11-8-10-18(2)13-14-21-20(4)12-9-15-25(21,5)6/h8,10-11,13-14,16,22H,7,9,12,15,17H2,1-6H3,(H,26,27)(H,29,30,31)/b11-8+,14-13+,18-10+,19-16+. The van der Waals surface area contributed by atoms with E-state index in [1.807, 2.05) is 19.1 Å². The van der Waals surface area contributed by atoms with Gasteiger partial charge in [-0.15, -0.1) is 0 Å². The highest BCUT2D eigenvalue weighted by Gasteiger charge is 2.27. The summed E-state index contributed by atoms with van der Waals surface area (Å²) in [7, 11) is -4.48. The van der Waals surface area contributed by atoms with E-state index in [-0.39, 0.29) is 12.0 Å². The number of carbonyl (C=O) groups excluding carboxylic acids is 2. The molecule has 0 aromatic heterocycles. The van der Waals surface area contributed by atoms with Gasteiger partial charge in [0, 0.05) is 6.08 Å². The third kappa shape index (κ3) is 10.8. The van der Waals surface area contributed by atoms with E-state index in [1.165, 1.54) is 30.1 Å². The summed E-state index contributed by atoms with van der Waals surface area (Å²) in [5.41, 5.74) is 4.66. The van der Waals surface area contributed by atoms with Gasteiger partial charge in [-0.1, -0.05) is 55.4 Å². The molecule has 0 saturated heterocycles. The second kappa shape index (κ2) is 12.7. The molecule has 1 rings (SSSR count). The fraction of sp³-hybridized carbons (Fsp3) is 0.520. The Morgan fingerprint density at radius 2 is 1.88 bits per heavy atom. The van der Waals surface area contributed by atoms with Crippen LogP contribution in [0.3, 0.4) is 0 Å². The van der Waals surface area contributed by atoms with Crippen LogP contribution in [0, 0.1) is 5.41 Å². The van der Waals surface area contributed by atoms with Crippen LogP contribution in [0.15, 0.2) is 58.7 Å². The average Bonchev–Trinajstić information content (AvgIpc) is 2.65. The van der Waals surface area contributed by atoms with Crippen molar-refractivity contribution in [1.29, 1.82) is 0 Å². The zero-order valence-corrected chi connectivity index (χ0v) is 21.3. The van der Waals surface area contributed by atoms with Gasteiger partial charge in [0.1, 0.15) is 11.8 Å². The summed E-state index contributed by atoms with van der Waals surface area (Å²) in [6.45, 7) is 12.0. The Labute approximate surface area is 198 Å². The Kier molecular flexibility index (Phi) is 11.0. The van der Waals surface area contributed by atoms with Crippen LogP contribution in [0.1, 0.15) is 60.8 Å². The highest BCUT2D eigenvalue weighted by Crippen LogP contribution is 2.40. The molecule has 33 heavy (non-hydrogen) atoms. The Hall–Kier alpha value is -2.45. The summed E-state index contributed by atoms with van der Waals surface area (Å²) in [5.74, 6) is -2.55. The molecule has 0 heterocycles. The average molecular weight is 480 g/mol. The van der Waals surface area contributed by atoms with Gasteiger partial charge in [0.25, 0.3) is 10.1 Å². The number of hydrogen-bond donors (Lipinski definition) is 2. The molecule has 7 nitrogen and oxygen atoms in total. The molecule has 8 heteroatoms.